The lowest BCUT2D eigenvalue weighted by Crippen LogP contribution is -2.13. The molecule has 3 heteroatoms. The summed E-state index contributed by atoms with van der Waals surface area (Å²) in [5.74, 6) is 0.313. The van der Waals surface area contributed by atoms with E-state index in [-0.39, 0.29) is 5.82 Å². The Hall–Kier alpha value is -0.760. The molecule has 0 aliphatic carbocycles. The average Bonchev–Trinajstić information content (AvgIpc) is 2.22. The molecule has 0 radical (unpaired) electrons. The summed E-state index contributed by atoms with van der Waals surface area (Å²) in [5.41, 5.74) is 0.534. The Morgan fingerprint density at radius 2 is 2.00 bits per heavy atom. The van der Waals surface area contributed by atoms with Crippen molar-refractivity contribution in [2.45, 2.75) is 26.7 Å². The van der Waals surface area contributed by atoms with E-state index >= 15 is 0 Å². The summed E-state index contributed by atoms with van der Waals surface area (Å²) >= 11 is 5.67. The molecule has 1 N–H and O–H groups in total. The van der Waals surface area contributed by atoms with E-state index in [1.165, 1.54) is 6.07 Å². The SMILES string of the molecule is CCC(CC)CNc1ccc(Cl)cc1F. The summed E-state index contributed by atoms with van der Waals surface area (Å²) in [7, 11) is 0. The molecule has 0 saturated heterocycles. The lowest BCUT2D eigenvalue weighted by atomic mass is 10.0. The van der Waals surface area contributed by atoms with Crippen molar-refractivity contribution in [2.24, 2.45) is 5.92 Å². The van der Waals surface area contributed by atoms with Crippen molar-refractivity contribution in [1.82, 2.24) is 0 Å². The number of hydrogen-bond donors (Lipinski definition) is 1. The van der Waals surface area contributed by atoms with Gasteiger partial charge in [-0.25, -0.2) is 4.39 Å². The fourth-order valence-corrected chi connectivity index (χ4v) is 1.62. The third-order valence-electron chi connectivity index (χ3n) is 2.67. The number of anilines is 1. The highest BCUT2D eigenvalue weighted by atomic mass is 35.5. The third-order valence-corrected chi connectivity index (χ3v) is 2.90. The van der Waals surface area contributed by atoms with E-state index in [0.29, 0.717) is 16.6 Å². The van der Waals surface area contributed by atoms with Crippen LogP contribution in [0.2, 0.25) is 5.02 Å². The standard InChI is InChI=1S/C12H17ClFN/c1-3-9(4-2)8-15-12-6-5-10(13)7-11(12)14/h5-7,9,15H,3-4,8H2,1-2H3. The smallest absolute Gasteiger partial charge is 0.147 e. The van der Waals surface area contributed by atoms with Gasteiger partial charge >= 0.3 is 0 Å². The molecule has 0 atom stereocenters. The maximum Gasteiger partial charge on any atom is 0.147 e. The molecule has 15 heavy (non-hydrogen) atoms. The van der Waals surface area contributed by atoms with E-state index in [9.17, 15) is 4.39 Å². The Morgan fingerprint density at radius 1 is 1.33 bits per heavy atom. The van der Waals surface area contributed by atoms with Gasteiger partial charge in [0.15, 0.2) is 0 Å². The van der Waals surface area contributed by atoms with Crippen molar-refractivity contribution in [3.05, 3.63) is 29.0 Å². The van der Waals surface area contributed by atoms with Crippen LogP contribution in [-0.2, 0) is 0 Å². The number of rotatable bonds is 5. The molecule has 1 aromatic carbocycles. The van der Waals surface area contributed by atoms with Gasteiger partial charge in [0.1, 0.15) is 5.82 Å². The van der Waals surface area contributed by atoms with Gasteiger partial charge in [0, 0.05) is 11.6 Å². The van der Waals surface area contributed by atoms with Crippen molar-refractivity contribution in [3.63, 3.8) is 0 Å². The zero-order valence-electron chi connectivity index (χ0n) is 9.19. The quantitative estimate of drug-likeness (QED) is 0.793. The highest BCUT2D eigenvalue weighted by molar-refractivity contribution is 6.30. The van der Waals surface area contributed by atoms with Crippen molar-refractivity contribution >= 4 is 17.3 Å². The predicted molar refractivity (Wildman–Crippen MR) is 64.0 cm³/mol. The van der Waals surface area contributed by atoms with Gasteiger partial charge in [0.25, 0.3) is 0 Å². The van der Waals surface area contributed by atoms with Gasteiger partial charge in [-0.15, -0.1) is 0 Å². The second-order valence-electron chi connectivity index (χ2n) is 3.69. The van der Waals surface area contributed by atoms with E-state index in [1.54, 1.807) is 12.1 Å². The monoisotopic (exact) mass is 229 g/mol. The molecule has 0 spiro atoms. The molecule has 0 unspecified atom stereocenters. The minimum atomic E-state index is -0.284. The molecule has 0 bridgehead atoms. The summed E-state index contributed by atoms with van der Waals surface area (Å²) in [6, 6.07) is 4.71. The van der Waals surface area contributed by atoms with Crippen LogP contribution in [0, 0.1) is 11.7 Å². The number of hydrogen-bond acceptors (Lipinski definition) is 1. The summed E-state index contributed by atoms with van der Waals surface area (Å²) in [4.78, 5) is 0. The van der Waals surface area contributed by atoms with E-state index in [4.69, 9.17) is 11.6 Å². The van der Waals surface area contributed by atoms with Gasteiger partial charge in [-0.1, -0.05) is 38.3 Å². The number of halogens is 2. The Balaban J connectivity index is 2.57. The van der Waals surface area contributed by atoms with E-state index < -0.39 is 0 Å². The predicted octanol–water partition coefficient (Wildman–Crippen LogP) is 4.33. The van der Waals surface area contributed by atoms with Crippen LogP contribution in [0.3, 0.4) is 0 Å². The highest BCUT2D eigenvalue weighted by Gasteiger charge is 2.06. The van der Waals surface area contributed by atoms with E-state index in [1.807, 2.05) is 0 Å². The molecule has 1 rings (SSSR count). The van der Waals surface area contributed by atoms with Crippen LogP contribution in [0.1, 0.15) is 26.7 Å². The van der Waals surface area contributed by atoms with Gasteiger partial charge < -0.3 is 5.32 Å². The van der Waals surface area contributed by atoms with Crippen LogP contribution in [0.4, 0.5) is 10.1 Å². The molecule has 0 aromatic heterocycles. The molecule has 0 fully saturated rings. The Morgan fingerprint density at radius 3 is 2.53 bits per heavy atom. The molecule has 0 aliphatic rings. The molecule has 0 heterocycles. The summed E-state index contributed by atoms with van der Waals surface area (Å²) in [6.45, 7) is 5.10. The van der Waals surface area contributed by atoms with E-state index in [2.05, 4.69) is 19.2 Å². The Labute approximate surface area is 95.6 Å². The third kappa shape index (κ3) is 3.71. The van der Waals surface area contributed by atoms with Gasteiger partial charge in [0.2, 0.25) is 0 Å². The molecule has 1 nitrogen and oxygen atoms in total. The van der Waals surface area contributed by atoms with Crippen molar-refractivity contribution in [2.75, 3.05) is 11.9 Å². The topological polar surface area (TPSA) is 12.0 Å². The van der Waals surface area contributed by atoms with Crippen molar-refractivity contribution < 1.29 is 4.39 Å². The second-order valence-corrected chi connectivity index (χ2v) is 4.12. The van der Waals surface area contributed by atoms with Crippen LogP contribution in [0.25, 0.3) is 0 Å². The molecule has 0 amide bonds. The fraction of sp³-hybridized carbons (Fsp3) is 0.500. The Bertz CT molecular complexity index is 310. The first kappa shape index (κ1) is 12.3. The normalized spacial score (nSPS) is 10.7. The van der Waals surface area contributed by atoms with Crippen LogP contribution < -0.4 is 5.32 Å². The van der Waals surface area contributed by atoms with Gasteiger partial charge in [-0.2, -0.15) is 0 Å². The molecular formula is C12H17ClFN. The maximum absolute atomic E-state index is 13.4. The zero-order chi connectivity index (χ0) is 11.3. The minimum Gasteiger partial charge on any atom is -0.382 e. The number of benzene rings is 1. The summed E-state index contributed by atoms with van der Waals surface area (Å²) in [5, 5.41) is 3.54. The lowest BCUT2D eigenvalue weighted by molar-refractivity contribution is 0.517. The molecular weight excluding hydrogens is 213 g/mol. The van der Waals surface area contributed by atoms with Crippen LogP contribution in [0.15, 0.2) is 18.2 Å². The molecule has 1 aromatic rings. The average molecular weight is 230 g/mol. The van der Waals surface area contributed by atoms with Crippen molar-refractivity contribution in [3.8, 4) is 0 Å². The van der Waals surface area contributed by atoms with Gasteiger partial charge in [0.05, 0.1) is 5.69 Å². The van der Waals surface area contributed by atoms with Gasteiger partial charge in [-0.3, -0.25) is 0 Å². The number of nitrogens with one attached hydrogen (secondary N) is 1. The lowest BCUT2D eigenvalue weighted by Gasteiger charge is -2.14. The largest absolute Gasteiger partial charge is 0.382 e. The molecule has 84 valence electrons. The second kappa shape index (κ2) is 5.96. The van der Waals surface area contributed by atoms with E-state index in [0.717, 1.165) is 19.4 Å². The van der Waals surface area contributed by atoms with Crippen LogP contribution in [0.5, 0.6) is 0 Å². The van der Waals surface area contributed by atoms with Crippen molar-refractivity contribution in [1.29, 1.82) is 0 Å². The van der Waals surface area contributed by atoms with Gasteiger partial charge in [-0.05, 0) is 24.1 Å². The zero-order valence-corrected chi connectivity index (χ0v) is 9.94. The first-order chi connectivity index (χ1) is 7.17. The Kier molecular flexibility index (Phi) is 4.89. The summed E-state index contributed by atoms with van der Waals surface area (Å²) < 4.78 is 13.4. The first-order valence-corrected chi connectivity index (χ1v) is 5.74. The molecule has 0 aliphatic heterocycles. The minimum absolute atomic E-state index is 0.284. The maximum atomic E-state index is 13.4. The van der Waals surface area contributed by atoms with Crippen LogP contribution in [-0.4, -0.2) is 6.54 Å². The van der Waals surface area contributed by atoms with Crippen LogP contribution >= 0.6 is 11.6 Å². The highest BCUT2D eigenvalue weighted by Crippen LogP contribution is 2.19. The fourth-order valence-electron chi connectivity index (χ4n) is 1.46. The first-order valence-electron chi connectivity index (χ1n) is 5.36. The summed E-state index contributed by atoms with van der Waals surface area (Å²) in [6.07, 6.45) is 2.22. The molecule has 0 saturated carbocycles.